The number of para-hydroxylation sites is 5. The molecule has 0 amide bonds. The molecular weight excluding hydrogens is 741 g/mol. The fourth-order valence-corrected chi connectivity index (χ4v) is 9.39. The average molecular weight is 779 g/mol. The number of nitrogens with zero attached hydrogens (tertiary/aromatic N) is 2. The molecule has 0 atom stereocenters. The Hall–Kier alpha value is -8.14. The first-order chi connectivity index (χ1) is 30.3. The van der Waals surface area contributed by atoms with Gasteiger partial charge in [0.05, 0.1) is 22.4 Å². The lowest BCUT2D eigenvalue weighted by atomic mass is 9.97. The second kappa shape index (κ2) is 14.3. The van der Waals surface area contributed by atoms with Gasteiger partial charge >= 0.3 is 0 Å². The number of hydrogen-bond acceptors (Lipinski definition) is 2. The lowest BCUT2D eigenvalue weighted by Crippen LogP contribution is -2.11. The molecule has 3 nitrogen and oxygen atoms in total. The summed E-state index contributed by atoms with van der Waals surface area (Å²) in [6.45, 7) is 0. The quantitative estimate of drug-likeness (QED) is 0.161. The van der Waals surface area contributed by atoms with Gasteiger partial charge in [0.15, 0.2) is 0 Å². The van der Waals surface area contributed by atoms with E-state index in [9.17, 15) is 0 Å². The van der Waals surface area contributed by atoms with Crippen molar-refractivity contribution in [2.24, 2.45) is 0 Å². The maximum absolute atomic E-state index is 6.39. The molecule has 0 spiro atoms. The highest BCUT2D eigenvalue weighted by molar-refractivity contribution is 6.10. The van der Waals surface area contributed by atoms with Crippen molar-refractivity contribution in [3.8, 4) is 39.1 Å². The van der Waals surface area contributed by atoms with Gasteiger partial charge in [-0.25, -0.2) is 0 Å². The first kappa shape index (κ1) is 34.9. The third kappa shape index (κ3) is 5.82. The molecule has 61 heavy (non-hydrogen) atoms. The minimum Gasteiger partial charge on any atom is -0.456 e. The molecule has 0 aliphatic heterocycles. The predicted molar refractivity (Wildman–Crippen MR) is 257 cm³/mol. The van der Waals surface area contributed by atoms with E-state index in [2.05, 4.69) is 228 Å². The highest BCUT2D eigenvalue weighted by atomic mass is 16.3. The van der Waals surface area contributed by atoms with Crippen LogP contribution in [0, 0.1) is 0 Å². The molecule has 0 saturated carbocycles. The topological polar surface area (TPSA) is 21.3 Å². The van der Waals surface area contributed by atoms with Gasteiger partial charge in [0.1, 0.15) is 11.2 Å². The normalized spacial score (nSPS) is 11.6. The van der Waals surface area contributed by atoms with Crippen LogP contribution in [0.2, 0.25) is 0 Å². The number of aromatic nitrogens is 1. The molecule has 0 radical (unpaired) electrons. The van der Waals surface area contributed by atoms with Crippen LogP contribution in [0.15, 0.2) is 235 Å². The van der Waals surface area contributed by atoms with Crippen LogP contribution in [0.1, 0.15) is 0 Å². The second-order valence-electron chi connectivity index (χ2n) is 15.7. The van der Waals surface area contributed by atoms with Crippen molar-refractivity contribution in [1.29, 1.82) is 0 Å². The van der Waals surface area contributed by atoms with Gasteiger partial charge in [-0.1, -0.05) is 164 Å². The van der Waals surface area contributed by atoms with E-state index in [0.29, 0.717) is 0 Å². The zero-order valence-corrected chi connectivity index (χ0v) is 33.2. The SMILES string of the molecule is c1ccc(N(c2ccc(-c3ccccc3-n3c4ccccc4c4ccccc43)cc2)c2ccc(-c3cccc4ccccc34)cc2)c(-c2ccc3c(c2)oc2ccccc23)c1. The second-order valence-corrected chi connectivity index (χ2v) is 15.7. The van der Waals surface area contributed by atoms with Crippen molar-refractivity contribution in [3.63, 3.8) is 0 Å². The minimum atomic E-state index is 0.880. The van der Waals surface area contributed by atoms with Crippen LogP contribution >= 0.6 is 0 Å². The first-order valence-electron chi connectivity index (χ1n) is 20.8. The molecular formula is C58H38N2O. The third-order valence-electron chi connectivity index (χ3n) is 12.2. The van der Waals surface area contributed by atoms with Gasteiger partial charge in [-0.3, -0.25) is 0 Å². The maximum Gasteiger partial charge on any atom is 0.136 e. The Labute approximate surface area is 353 Å². The molecule has 3 heteroatoms. The predicted octanol–water partition coefficient (Wildman–Crippen LogP) is 16.3. The number of furan rings is 1. The number of rotatable bonds is 7. The Kier molecular flexibility index (Phi) is 8.17. The summed E-state index contributed by atoms with van der Waals surface area (Å²) in [5.41, 5.74) is 15.5. The Morgan fingerprint density at radius 3 is 1.57 bits per heavy atom. The highest BCUT2D eigenvalue weighted by Gasteiger charge is 2.20. The van der Waals surface area contributed by atoms with Crippen molar-refractivity contribution in [3.05, 3.63) is 231 Å². The standard InChI is InChI=1S/C58H38N2O/c1-2-16-45-39(14-1)15-13-22-46(45)40-28-33-43(34-29-40)59(53-23-8-4-18-48(53)42-32-37-52-51-21-7-12-27-57(51)61-58(52)38-42)44-35-30-41(31-36-44)47-17-3-9-24-54(47)60-55-25-10-5-19-49(55)50-20-6-11-26-56(50)60/h1-38H. The highest BCUT2D eigenvalue weighted by Crippen LogP contribution is 2.44. The summed E-state index contributed by atoms with van der Waals surface area (Å²) in [5, 5.41) is 7.24. The van der Waals surface area contributed by atoms with Gasteiger partial charge in [0, 0.05) is 44.0 Å². The smallest absolute Gasteiger partial charge is 0.136 e. The summed E-state index contributed by atoms with van der Waals surface area (Å²) in [6, 6.07) is 82.9. The van der Waals surface area contributed by atoms with E-state index in [4.69, 9.17) is 4.42 Å². The number of benzene rings is 10. The number of anilines is 3. The third-order valence-corrected chi connectivity index (χ3v) is 12.2. The van der Waals surface area contributed by atoms with E-state index in [1.54, 1.807) is 0 Å². The molecule has 2 heterocycles. The number of fused-ring (bicyclic) bond motifs is 7. The zero-order valence-electron chi connectivity index (χ0n) is 33.2. The Bertz CT molecular complexity index is 3530. The van der Waals surface area contributed by atoms with Gasteiger partial charge in [-0.15, -0.1) is 0 Å². The van der Waals surface area contributed by atoms with Crippen molar-refractivity contribution in [1.82, 2.24) is 4.57 Å². The Balaban J connectivity index is 1.00. The van der Waals surface area contributed by atoms with Gasteiger partial charge in [0.25, 0.3) is 0 Å². The summed E-state index contributed by atoms with van der Waals surface area (Å²) in [7, 11) is 0. The molecule has 0 bridgehead atoms. The van der Waals surface area contributed by atoms with Crippen LogP contribution in [0.25, 0.3) is 93.6 Å². The van der Waals surface area contributed by atoms with Gasteiger partial charge in [-0.05, 0) is 99.8 Å². The van der Waals surface area contributed by atoms with E-state index < -0.39 is 0 Å². The van der Waals surface area contributed by atoms with Crippen LogP contribution in [-0.4, -0.2) is 4.57 Å². The molecule has 12 aromatic rings. The van der Waals surface area contributed by atoms with Crippen molar-refractivity contribution in [2.45, 2.75) is 0 Å². The Morgan fingerprint density at radius 2 is 0.836 bits per heavy atom. The zero-order chi connectivity index (χ0) is 40.3. The first-order valence-corrected chi connectivity index (χ1v) is 20.8. The minimum absolute atomic E-state index is 0.880. The van der Waals surface area contributed by atoms with E-state index in [0.717, 1.165) is 61.4 Å². The average Bonchev–Trinajstić information content (AvgIpc) is 3.87. The van der Waals surface area contributed by atoms with Crippen LogP contribution in [0.5, 0.6) is 0 Å². The van der Waals surface area contributed by atoms with E-state index >= 15 is 0 Å². The fourth-order valence-electron chi connectivity index (χ4n) is 9.39. The van der Waals surface area contributed by atoms with E-state index in [1.807, 2.05) is 12.1 Å². The monoisotopic (exact) mass is 778 g/mol. The molecule has 0 unspecified atom stereocenters. The van der Waals surface area contributed by atoms with Crippen LogP contribution in [-0.2, 0) is 0 Å². The van der Waals surface area contributed by atoms with E-state index in [-0.39, 0.29) is 0 Å². The number of hydrogen-bond donors (Lipinski definition) is 0. The lowest BCUT2D eigenvalue weighted by molar-refractivity contribution is 0.669. The van der Waals surface area contributed by atoms with Crippen LogP contribution in [0.4, 0.5) is 17.1 Å². The maximum atomic E-state index is 6.39. The lowest BCUT2D eigenvalue weighted by Gasteiger charge is -2.28. The molecule has 286 valence electrons. The molecule has 0 saturated heterocycles. The molecule has 2 aromatic heterocycles. The summed E-state index contributed by atoms with van der Waals surface area (Å²) in [5.74, 6) is 0. The largest absolute Gasteiger partial charge is 0.456 e. The molecule has 0 fully saturated rings. The van der Waals surface area contributed by atoms with E-state index in [1.165, 1.54) is 49.3 Å². The Morgan fingerprint density at radius 1 is 0.328 bits per heavy atom. The molecule has 0 N–H and O–H groups in total. The summed E-state index contributed by atoms with van der Waals surface area (Å²) < 4.78 is 8.80. The van der Waals surface area contributed by atoms with Crippen molar-refractivity contribution >= 4 is 71.6 Å². The van der Waals surface area contributed by atoms with Crippen LogP contribution in [0.3, 0.4) is 0 Å². The molecule has 12 rings (SSSR count). The van der Waals surface area contributed by atoms with Crippen molar-refractivity contribution in [2.75, 3.05) is 4.90 Å². The van der Waals surface area contributed by atoms with Crippen LogP contribution < -0.4 is 4.90 Å². The summed E-state index contributed by atoms with van der Waals surface area (Å²) in [6.07, 6.45) is 0. The molecule has 0 aliphatic rings. The van der Waals surface area contributed by atoms with Crippen molar-refractivity contribution < 1.29 is 4.42 Å². The molecule has 10 aromatic carbocycles. The fraction of sp³-hybridized carbons (Fsp3) is 0. The summed E-state index contributed by atoms with van der Waals surface area (Å²) >= 11 is 0. The summed E-state index contributed by atoms with van der Waals surface area (Å²) in [4.78, 5) is 2.38. The molecule has 0 aliphatic carbocycles. The van der Waals surface area contributed by atoms with Gasteiger partial charge in [0.2, 0.25) is 0 Å². The van der Waals surface area contributed by atoms with Gasteiger partial charge < -0.3 is 13.9 Å². The van der Waals surface area contributed by atoms with Gasteiger partial charge in [-0.2, -0.15) is 0 Å².